The molecule has 140 valence electrons. The van der Waals surface area contributed by atoms with Crippen molar-refractivity contribution in [1.29, 1.82) is 0 Å². The molecule has 0 aromatic carbocycles. The predicted molar refractivity (Wildman–Crippen MR) is 103 cm³/mol. The van der Waals surface area contributed by atoms with Crippen molar-refractivity contribution < 1.29 is 9.21 Å². The van der Waals surface area contributed by atoms with Gasteiger partial charge in [0, 0.05) is 6.54 Å². The highest BCUT2D eigenvalue weighted by Gasteiger charge is 2.26. The Hall–Kier alpha value is -0.980. The lowest BCUT2D eigenvalue weighted by molar-refractivity contribution is 0.0909. The quantitative estimate of drug-likeness (QED) is 0.650. The molecule has 2 aromatic rings. The summed E-state index contributed by atoms with van der Waals surface area (Å²) >= 11 is 23.9. The minimum absolute atomic E-state index is 0.0112. The van der Waals surface area contributed by atoms with E-state index < -0.39 is 5.91 Å². The van der Waals surface area contributed by atoms with Crippen LogP contribution in [0.5, 0.6) is 0 Å². The summed E-state index contributed by atoms with van der Waals surface area (Å²) in [6, 6.07) is 3.68. The zero-order chi connectivity index (χ0) is 18.7. The first-order chi connectivity index (χ1) is 12.5. The summed E-state index contributed by atoms with van der Waals surface area (Å²) in [5.41, 5.74) is -0.0529. The number of aromatic nitrogens is 1. The summed E-state index contributed by atoms with van der Waals surface area (Å²) in [6.07, 6.45) is 5.10. The maximum atomic E-state index is 12.6. The van der Waals surface area contributed by atoms with Crippen LogP contribution < -0.4 is 5.32 Å². The van der Waals surface area contributed by atoms with E-state index in [0.29, 0.717) is 6.54 Å². The summed E-state index contributed by atoms with van der Waals surface area (Å²) in [5, 5.41) is 2.80. The normalized spacial score (nSPS) is 16.5. The molecular formula is C17H17Cl4N3O2. The predicted octanol–water partition coefficient (Wildman–Crippen LogP) is 5.25. The molecule has 1 aliphatic rings. The molecule has 3 heterocycles. The Morgan fingerprint density at radius 2 is 1.88 bits per heavy atom. The van der Waals surface area contributed by atoms with E-state index in [1.165, 1.54) is 6.42 Å². The largest absolute Gasteiger partial charge is 0.468 e. The highest BCUT2D eigenvalue weighted by molar-refractivity contribution is 6.52. The highest BCUT2D eigenvalue weighted by atomic mass is 35.5. The smallest absolute Gasteiger partial charge is 0.271 e. The number of likely N-dealkylation sites (tertiary alicyclic amines) is 1. The summed E-state index contributed by atoms with van der Waals surface area (Å²) in [6.45, 7) is 2.26. The van der Waals surface area contributed by atoms with Gasteiger partial charge in [-0.3, -0.25) is 9.69 Å². The van der Waals surface area contributed by atoms with Crippen LogP contribution in [0.1, 0.15) is 41.6 Å². The third kappa shape index (κ3) is 4.29. The van der Waals surface area contributed by atoms with Gasteiger partial charge >= 0.3 is 0 Å². The van der Waals surface area contributed by atoms with Crippen molar-refractivity contribution in [3.05, 3.63) is 50.1 Å². The number of nitrogens with zero attached hydrogens (tertiary/aromatic N) is 2. The van der Waals surface area contributed by atoms with Crippen LogP contribution in [0.15, 0.2) is 22.8 Å². The lowest BCUT2D eigenvalue weighted by Crippen LogP contribution is -2.40. The minimum atomic E-state index is -0.468. The number of halogens is 4. The minimum Gasteiger partial charge on any atom is -0.468 e. The lowest BCUT2D eigenvalue weighted by Gasteiger charge is -2.33. The Morgan fingerprint density at radius 1 is 1.15 bits per heavy atom. The molecular weight excluding hydrogens is 420 g/mol. The molecule has 2 aromatic heterocycles. The third-order valence-corrected chi connectivity index (χ3v) is 6.04. The first-order valence-corrected chi connectivity index (χ1v) is 9.76. The van der Waals surface area contributed by atoms with Gasteiger partial charge in [-0.15, -0.1) is 0 Å². The number of carbonyl (C=O) groups is 1. The molecule has 1 unspecified atom stereocenters. The zero-order valence-electron chi connectivity index (χ0n) is 13.8. The summed E-state index contributed by atoms with van der Waals surface area (Å²) in [4.78, 5) is 18.8. The number of amides is 1. The number of nitrogens with one attached hydrogen (secondary N) is 1. The Kier molecular flexibility index (Phi) is 6.70. The van der Waals surface area contributed by atoms with Crippen molar-refractivity contribution in [2.24, 2.45) is 0 Å². The van der Waals surface area contributed by atoms with E-state index >= 15 is 0 Å². The van der Waals surface area contributed by atoms with Gasteiger partial charge in [-0.05, 0) is 38.1 Å². The van der Waals surface area contributed by atoms with Crippen molar-refractivity contribution in [3.63, 3.8) is 0 Å². The lowest BCUT2D eigenvalue weighted by atomic mass is 10.1. The molecule has 0 spiro atoms. The summed E-state index contributed by atoms with van der Waals surface area (Å²) in [7, 11) is 0. The van der Waals surface area contributed by atoms with E-state index in [2.05, 4.69) is 15.2 Å². The SMILES string of the molecule is O=C(NCC(c1ccco1)N1CCCCC1)c1nc(Cl)c(Cl)c(Cl)c1Cl. The molecule has 3 rings (SSSR count). The summed E-state index contributed by atoms with van der Waals surface area (Å²) < 4.78 is 5.57. The van der Waals surface area contributed by atoms with E-state index in [1.807, 2.05) is 12.1 Å². The number of pyridine rings is 1. The molecule has 1 atom stereocenters. The first kappa shape index (κ1) is 19.8. The second kappa shape index (κ2) is 8.81. The van der Waals surface area contributed by atoms with Crippen molar-refractivity contribution in [3.8, 4) is 0 Å². The van der Waals surface area contributed by atoms with Gasteiger partial charge in [0.2, 0.25) is 0 Å². The Labute approximate surface area is 171 Å². The van der Waals surface area contributed by atoms with Crippen LogP contribution >= 0.6 is 46.4 Å². The van der Waals surface area contributed by atoms with Crippen LogP contribution in [0, 0.1) is 0 Å². The number of hydrogen-bond acceptors (Lipinski definition) is 4. The summed E-state index contributed by atoms with van der Waals surface area (Å²) in [5.74, 6) is 0.336. The molecule has 1 saturated heterocycles. The number of piperidine rings is 1. The van der Waals surface area contributed by atoms with E-state index in [1.54, 1.807) is 6.26 Å². The maximum absolute atomic E-state index is 12.6. The molecule has 0 bridgehead atoms. The van der Waals surface area contributed by atoms with Gasteiger partial charge < -0.3 is 9.73 Å². The fourth-order valence-corrected chi connectivity index (χ4v) is 3.85. The Bertz CT molecular complexity index is 777. The van der Waals surface area contributed by atoms with Crippen LogP contribution in [-0.4, -0.2) is 35.4 Å². The van der Waals surface area contributed by atoms with Crippen LogP contribution in [0.25, 0.3) is 0 Å². The molecule has 1 N–H and O–H groups in total. The van der Waals surface area contributed by atoms with Crippen LogP contribution in [0.4, 0.5) is 0 Å². The topological polar surface area (TPSA) is 58.4 Å². The second-order valence-corrected chi connectivity index (χ2v) is 7.52. The highest BCUT2D eigenvalue weighted by Crippen LogP contribution is 2.36. The molecule has 1 amide bonds. The van der Waals surface area contributed by atoms with E-state index in [4.69, 9.17) is 50.8 Å². The Balaban J connectivity index is 1.76. The number of carbonyl (C=O) groups excluding carboxylic acids is 1. The maximum Gasteiger partial charge on any atom is 0.271 e. The number of rotatable bonds is 5. The zero-order valence-corrected chi connectivity index (χ0v) is 16.8. The molecule has 26 heavy (non-hydrogen) atoms. The van der Waals surface area contributed by atoms with Crippen molar-refractivity contribution >= 4 is 52.3 Å². The fraction of sp³-hybridized carbons (Fsp3) is 0.412. The fourth-order valence-electron chi connectivity index (χ4n) is 3.03. The van der Waals surface area contributed by atoms with Crippen molar-refractivity contribution in [2.45, 2.75) is 25.3 Å². The van der Waals surface area contributed by atoms with Crippen molar-refractivity contribution in [1.82, 2.24) is 15.2 Å². The monoisotopic (exact) mass is 435 g/mol. The molecule has 5 nitrogen and oxygen atoms in total. The van der Waals surface area contributed by atoms with Gasteiger partial charge in [-0.25, -0.2) is 4.98 Å². The van der Waals surface area contributed by atoms with Gasteiger partial charge in [-0.1, -0.05) is 52.8 Å². The molecule has 9 heteroatoms. The number of furan rings is 1. The average Bonchev–Trinajstić information content (AvgIpc) is 3.18. The third-order valence-electron chi connectivity index (χ3n) is 4.36. The molecule has 0 aliphatic carbocycles. The van der Waals surface area contributed by atoms with Gasteiger partial charge in [-0.2, -0.15) is 0 Å². The Morgan fingerprint density at radius 3 is 2.54 bits per heavy atom. The van der Waals surface area contributed by atoms with Crippen LogP contribution in [0.2, 0.25) is 20.2 Å². The average molecular weight is 437 g/mol. The standard InChI is InChI=1S/C17H17Cl4N3O2/c18-12-13(19)15(23-16(21)14(12)20)17(25)22-9-10(11-5-4-8-26-11)24-6-2-1-3-7-24/h4-5,8,10H,1-3,6-7,9H2,(H,22,25). The van der Waals surface area contributed by atoms with Gasteiger partial charge in [0.1, 0.15) is 16.6 Å². The van der Waals surface area contributed by atoms with Gasteiger partial charge in [0.05, 0.1) is 27.4 Å². The van der Waals surface area contributed by atoms with Gasteiger partial charge in [0.15, 0.2) is 0 Å². The second-order valence-electron chi connectivity index (χ2n) is 6.03. The van der Waals surface area contributed by atoms with E-state index in [0.717, 1.165) is 31.7 Å². The molecule has 0 saturated carbocycles. The molecule has 0 radical (unpaired) electrons. The molecule has 1 fully saturated rings. The first-order valence-electron chi connectivity index (χ1n) is 8.24. The van der Waals surface area contributed by atoms with Crippen LogP contribution in [0.3, 0.4) is 0 Å². The molecule has 1 aliphatic heterocycles. The number of hydrogen-bond donors (Lipinski definition) is 1. The van der Waals surface area contributed by atoms with Gasteiger partial charge in [0.25, 0.3) is 5.91 Å². The van der Waals surface area contributed by atoms with Crippen LogP contribution in [-0.2, 0) is 0 Å². The van der Waals surface area contributed by atoms with E-state index in [-0.39, 0.29) is 32.0 Å². The van der Waals surface area contributed by atoms with E-state index in [9.17, 15) is 4.79 Å². The van der Waals surface area contributed by atoms with Crippen molar-refractivity contribution in [2.75, 3.05) is 19.6 Å².